The second-order valence-electron chi connectivity index (χ2n) is 7.81. The summed E-state index contributed by atoms with van der Waals surface area (Å²) in [6.07, 6.45) is 6.63. The van der Waals surface area contributed by atoms with E-state index in [-0.39, 0.29) is 29.9 Å². The van der Waals surface area contributed by atoms with Gasteiger partial charge in [0.1, 0.15) is 5.75 Å². The SMILES string of the molecule is CCNC(=NCCNC(=O)c1ccc(OC)cc1)NC1CCN(C2CCCC2)C1.I. The van der Waals surface area contributed by atoms with Crippen LogP contribution in [-0.2, 0) is 0 Å². The van der Waals surface area contributed by atoms with Crippen molar-refractivity contribution in [3.63, 3.8) is 0 Å². The molecule has 1 aliphatic heterocycles. The van der Waals surface area contributed by atoms with Gasteiger partial charge in [-0.1, -0.05) is 12.8 Å². The molecule has 7 nitrogen and oxygen atoms in total. The fourth-order valence-electron chi connectivity index (χ4n) is 4.20. The Labute approximate surface area is 197 Å². The Morgan fingerprint density at radius 3 is 2.57 bits per heavy atom. The summed E-state index contributed by atoms with van der Waals surface area (Å²) in [5.74, 6) is 1.49. The highest BCUT2D eigenvalue weighted by atomic mass is 127. The first-order valence-corrected chi connectivity index (χ1v) is 10.9. The van der Waals surface area contributed by atoms with Gasteiger partial charge in [-0.25, -0.2) is 0 Å². The third-order valence-electron chi connectivity index (χ3n) is 5.77. The zero-order valence-corrected chi connectivity index (χ0v) is 20.5. The zero-order valence-electron chi connectivity index (χ0n) is 18.2. The van der Waals surface area contributed by atoms with Crippen LogP contribution in [0.15, 0.2) is 29.3 Å². The molecule has 8 heteroatoms. The van der Waals surface area contributed by atoms with Crippen LogP contribution in [0.5, 0.6) is 5.75 Å². The van der Waals surface area contributed by atoms with Gasteiger partial charge in [-0.2, -0.15) is 0 Å². The molecule has 0 bridgehead atoms. The molecule has 1 aromatic rings. The number of nitrogens with one attached hydrogen (secondary N) is 3. The molecule has 168 valence electrons. The molecule has 3 rings (SSSR count). The van der Waals surface area contributed by atoms with Crippen molar-refractivity contribution in [3.05, 3.63) is 29.8 Å². The number of likely N-dealkylation sites (tertiary alicyclic amines) is 1. The van der Waals surface area contributed by atoms with Crippen LogP contribution in [0.25, 0.3) is 0 Å². The van der Waals surface area contributed by atoms with Crippen LogP contribution in [-0.4, -0.2) is 68.7 Å². The fraction of sp³-hybridized carbons (Fsp3) is 0.636. The molecular formula is C22H36IN5O2. The normalized spacial score (nSPS) is 19.9. The number of methoxy groups -OCH3 is 1. The highest BCUT2D eigenvalue weighted by Gasteiger charge is 2.30. The number of rotatable bonds is 8. The fourth-order valence-corrected chi connectivity index (χ4v) is 4.20. The predicted molar refractivity (Wildman–Crippen MR) is 132 cm³/mol. The topological polar surface area (TPSA) is 78.0 Å². The molecule has 1 amide bonds. The second kappa shape index (κ2) is 13.0. The molecule has 1 aliphatic carbocycles. The first-order valence-electron chi connectivity index (χ1n) is 10.9. The third kappa shape index (κ3) is 7.30. The van der Waals surface area contributed by atoms with Crippen LogP contribution < -0.4 is 20.7 Å². The van der Waals surface area contributed by atoms with E-state index in [0.717, 1.165) is 37.3 Å². The summed E-state index contributed by atoms with van der Waals surface area (Å²) in [5, 5.41) is 9.81. The Balaban J connectivity index is 0.00000320. The van der Waals surface area contributed by atoms with Crippen molar-refractivity contribution < 1.29 is 9.53 Å². The molecule has 30 heavy (non-hydrogen) atoms. The van der Waals surface area contributed by atoms with Crippen LogP contribution in [0.1, 0.15) is 49.4 Å². The van der Waals surface area contributed by atoms with Gasteiger partial charge in [0, 0.05) is 43.8 Å². The number of amides is 1. The minimum Gasteiger partial charge on any atom is -0.497 e. The molecule has 0 radical (unpaired) electrons. The maximum atomic E-state index is 12.2. The van der Waals surface area contributed by atoms with Gasteiger partial charge < -0.3 is 20.7 Å². The molecule has 1 saturated heterocycles. The first-order chi connectivity index (χ1) is 14.2. The van der Waals surface area contributed by atoms with Gasteiger partial charge >= 0.3 is 0 Å². The smallest absolute Gasteiger partial charge is 0.251 e. The molecule has 1 unspecified atom stereocenters. The van der Waals surface area contributed by atoms with Gasteiger partial charge in [-0.05, 0) is 50.5 Å². The number of carbonyl (C=O) groups excluding carboxylic acids is 1. The number of hydrogen-bond acceptors (Lipinski definition) is 4. The van der Waals surface area contributed by atoms with Crippen molar-refractivity contribution in [2.45, 2.75) is 51.1 Å². The van der Waals surface area contributed by atoms with Crippen LogP contribution in [0.3, 0.4) is 0 Å². The molecule has 2 fully saturated rings. The number of aliphatic imine (C=N–C) groups is 1. The highest BCUT2D eigenvalue weighted by Crippen LogP contribution is 2.26. The Kier molecular flexibility index (Phi) is 10.7. The minimum absolute atomic E-state index is 0. The Morgan fingerprint density at radius 2 is 1.90 bits per heavy atom. The van der Waals surface area contributed by atoms with E-state index in [9.17, 15) is 4.79 Å². The summed E-state index contributed by atoms with van der Waals surface area (Å²) >= 11 is 0. The van der Waals surface area contributed by atoms with E-state index >= 15 is 0 Å². The van der Waals surface area contributed by atoms with Crippen molar-refractivity contribution in [2.24, 2.45) is 4.99 Å². The summed E-state index contributed by atoms with van der Waals surface area (Å²) in [6.45, 7) is 6.21. The number of nitrogens with zero attached hydrogens (tertiary/aromatic N) is 2. The lowest BCUT2D eigenvalue weighted by Crippen LogP contribution is -2.45. The van der Waals surface area contributed by atoms with Crippen molar-refractivity contribution in [3.8, 4) is 5.75 Å². The quantitative estimate of drug-likeness (QED) is 0.209. The number of carbonyl (C=O) groups is 1. The van der Waals surface area contributed by atoms with Gasteiger partial charge in [-0.3, -0.25) is 14.7 Å². The van der Waals surface area contributed by atoms with Gasteiger partial charge in [0.15, 0.2) is 5.96 Å². The minimum atomic E-state index is -0.0937. The molecule has 0 aromatic heterocycles. The van der Waals surface area contributed by atoms with Crippen molar-refractivity contribution in [2.75, 3.05) is 39.8 Å². The van der Waals surface area contributed by atoms with Crippen molar-refractivity contribution in [1.29, 1.82) is 0 Å². The summed E-state index contributed by atoms with van der Waals surface area (Å²) in [4.78, 5) is 19.5. The van der Waals surface area contributed by atoms with Crippen LogP contribution >= 0.6 is 24.0 Å². The maximum absolute atomic E-state index is 12.2. The summed E-state index contributed by atoms with van der Waals surface area (Å²) in [7, 11) is 1.61. The Bertz CT molecular complexity index is 677. The summed E-state index contributed by atoms with van der Waals surface area (Å²) < 4.78 is 5.12. The van der Waals surface area contributed by atoms with E-state index in [4.69, 9.17) is 4.74 Å². The van der Waals surface area contributed by atoms with Gasteiger partial charge in [0.05, 0.1) is 13.7 Å². The molecule has 1 atom stereocenters. The van der Waals surface area contributed by atoms with E-state index < -0.39 is 0 Å². The van der Waals surface area contributed by atoms with E-state index in [0.29, 0.717) is 24.7 Å². The van der Waals surface area contributed by atoms with Crippen LogP contribution in [0, 0.1) is 0 Å². The third-order valence-corrected chi connectivity index (χ3v) is 5.77. The molecule has 2 aliphatic rings. The monoisotopic (exact) mass is 529 g/mol. The van der Waals surface area contributed by atoms with Gasteiger partial charge in [-0.15, -0.1) is 24.0 Å². The molecule has 1 aromatic carbocycles. The highest BCUT2D eigenvalue weighted by molar-refractivity contribution is 14.0. The van der Waals surface area contributed by atoms with Gasteiger partial charge in [0.2, 0.25) is 0 Å². The van der Waals surface area contributed by atoms with Gasteiger partial charge in [0.25, 0.3) is 5.91 Å². The molecule has 3 N–H and O–H groups in total. The standard InChI is InChI=1S/C22H35N5O2.HI/c1-3-23-22(26-18-12-15-27(16-18)19-6-4-5-7-19)25-14-13-24-21(28)17-8-10-20(29-2)11-9-17;/h8-11,18-19H,3-7,12-16H2,1-2H3,(H,24,28)(H2,23,25,26);1H. The summed E-state index contributed by atoms with van der Waals surface area (Å²) in [5.41, 5.74) is 0.623. The molecular weight excluding hydrogens is 493 g/mol. The van der Waals surface area contributed by atoms with E-state index in [1.807, 2.05) is 0 Å². The summed E-state index contributed by atoms with van der Waals surface area (Å²) in [6, 6.07) is 8.34. The predicted octanol–water partition coefficient (Wildman–Crippen LogP) is 2.62. The lowest BCUT2D eigenvalue weighted by Gasteiger charge is -2.24. The van der Waals surface area contributed by atoms with E-state index in [1.165, 1.54) is 32.2 Å². The van der Waals surface area contributed by atoms with E-state index in [2.05, 4.69) is 32.8 Å². The molecule has 0 spiro atoms. The number of ether oxygens (including phenoxy) is 1. The molecule has 1 heterocycles. The maximum Gasteiger partial charge on any atom is 0.251 e. The Hall–Kier alpha value is -1.55. The van der Waals surface area contributed by atoms with Crippen LogP contribution in [0.2, 0.25) is 0 Å². The largest absolute Gasteiger partial charge is 0.497 e. The lowest BCUT2D eigenvalue weighted by molar-refractivity contribution is 0.0954. The number of guanidine groups is 1. The lowest BCUT2D eigenvalue weighted by atomic mass is 10.2. The average molecular weight is 529 g/mol. The Morgan fingerprint density at radius 1 is 1.17 bits per heavy atom. The van der Waals surface area contributed by atoms with Crippen molar-refractivity contribution in [1.82, 2.24) is 20.9 Å². The average Bonchev–Trinajstić information content (AvgIpc) is 3.43. The zero-order chi connectivity index (χ0) is 20.5. The van der Waals surface area contributed by atoms with Crippen molar-refractivity contribution >= 4 is 35.8 Å². The van der Waals surface area contributed by atoms with E-state index in [1.54, 1.807) is 31.4 Å². The number of halogens is 1. The number of benzene rings is 1. The first kappa shape index (κ1) is 24.7. The van der Waals surface area contributed by atoms with Crippen LogP contribution in [0.4, 0.5) is 0 Å². The molecule has 1 saturated carbocycles. The number of hydrogen-bond donors (Lipinski definition) is 3. The second-order valence-corrected chi connectivity index (χ2v) is 7.81.